The number of likely N-dealkylation sites (N-methyl/N-ethyl adjacent to an activating group) is 1. The fourth-order valence-electron chi connectivity index (χ4n) is 3.36. The van der Waals surface area contributed by atoms with E-state index in [-0.39, 0.29) is 11.9 Å². The summed E-state index contributed by atoms with van der Waals surface area (Å²) in [5, 5.41) is 0. The van der Waals surface area contributed by atoms with Crippen molar-refractivity contribution in [2.75, 3.05) is 13.1 Å². The van der Waals surface area contributed by atoms with Crippen LogP contribution in [0.15, 0.2) is 18.2 Å². The first-order chi connectivity index (χ1) is 9.67. The molecule has 0 amide bonds. The van der Waals surface area contributed by atoms with Crippen molar-refractivity contribution in [3.8, 4) is 0 Å². The monoisotopic (exact) mass is 282 g/mol. The van der Waals surface area contributed by atoms with Crippen LogP contribution < -0.4 is 5.73 Å². The Hall–Kier alpha value is -1.00. The molecule has 0 spiro atoms. The molecule has 0 heterocycles. The summed E-state index contributed by atoms with van der Waals surface area (Å²) < 4.78 is 27.4. The lowest BCUT2D eigenvalue weighted by atomic mass is 9.91. The average Bonchev–Trinajstić information content (AvgIpc) is 2.48. The van der Waals surface area contributed by atoms with Gasteiger partial charge < -0.3 is 5.73 Å². The highest BCUT2D eigenvalue weighted by Crippen LogP contribution is 2.31. The van der Waals surface area contributed by atoms with Gasteiger partial charge in [0.15, 0.2) is 0 Å². The molecule has 0 radical (unpaired) electrons. The highest BCUT2D eigenvalue weighted by Gasteiger charge is 2.28. The van der Waals surface area contributed by atoms with Gasteiger partial charge in [-0.1, -0.05) is 26.2 Å². The van der Waals surface area contributed by atoms with Gasteiger partial charge in [-0.25, -0.2) is 8.78 Å². The van der Waals surface area contributed by atoms with Crippen LogP contribution in [0.3, 0.4) is 0 Å². The van der Waals surface area contributed by atoms with Crippen molar-refractivity contribution < 1.29 is 8.78 Å². The van der Waals surface area contributed by atoms with Gasteiger partial charge in [0.25, 0.3) is 0 Å². The minimum atomic E-state index is -0.403. The van der Waals surface area contributed by atoms with Gasteiger partial charge in [0.2, 0.25) is 0 Å². The van der Waals surface area contributed by atoms with Crippen LogP contribution in [0.25, 0.3) is 0 Å². The summed E-state index contributed by atoms with van der Waals surface area (Å²) in [7, 11) is 0. The molecule has 0 aromatic heterocycles. The minimum absolute atomic E-state index is 0.237. The Bertz CT molecular complexity index is 430. The van der Waals surface area contributed by atoms with Crippen LogP contribution in [-0.2, 0) is 0 Å². The van der Waals surface area contributed by atoms with E-state index in [1.807, 2.05) is 0 Å². The summed E-state index contributed by atoms with van der Waals surface area (Å²) in [6.45, 7) is 3.18. The Balaban J connectivity index is 2.26. The maximum atomic E-state index is 14.0. The molecule has 0 bridgehead atoms. The highest BCUT2D eigenvalue weighted by molar-refractivity contribution is 5.23. The molecule has 0 aliphatic heterocycles. The van der Waals surface area contributed by atoms with Crippen LogP contribution >= 0.6 is 0 Å². The maximum Gasteiger partial charge on any atom is 0.128 e. The third-order valence-electron chi connectivity index (χ3n) is 4.35. The molecule has 1 aromatic rings. The zero-order chi connectivity index (χ0) is 14.5. The average molecular weight is 282 g/mol. The Morgan fingerprint density at radius 3 is 2.55 bits per heavy atom. The second kappa shape index (κ2) is 7.14. The molecule has 2 nitrogen and oxygen atoms in total. The fourth-order valence-corrected chi connectivity index (χ4v) is 3.36. The number of benzene rings is 1. The summed E-state index contributed by atoms with van der Waals surface area (Å²) >= 11 is 0. The Kier molecular flexibility index (Phi) is 5.49. The molecule has 1 unspecified atom stereocenters. The first kappa shape index (κ1) is 15.4. The maximum absolute atomic E-state index is 14.0. The summed E-state index contributed by atoms with van der Waals surface area (Å²) in [6.07, 6.45) is 5.95. The number of nitrogens with zero attached hydrogens (tertiary/aromatic N) is 1. The standard InChI is InChI=1S/C16H24F2N2/c1-2-20(13-6-4-3-5-7-13)16(11-19)14-10-12(17)8-9-15(14)18/h8-10,13,16H,2-7,11,19H2,1H3. The second-order valence-electron chi connectivity index (χ2n) is 5.54. The molecule has 1 aliphatic carbocycles. The Morgan fingerprint density at radius 2 is 1.95 bits per heavy atom. The van der Waals surface area contributed by atoms with E-state index in [4.69, 9.17) is 5.73 Å². The Labute approximate surface area is 120 Å². The zero-order valence-corrected chi connectivity index (χ0v) is 12.1. The fraction of sp³-hybridized carbons (Fsp3) is 0.625. The van der Waals surface area contributed by atoms with Crippen LogP contribution in [0.4, 0.5) is 8.78 Å². The number of nitrogens with two attached hydrogens (primary N) is 1. The molecule has 1 fully saturated rings. The van der Waals surface area contributed by atoms with Gasteiger partial charge in [0, 0.05) is 18.2 Å². The van der Waals surface area contributed by atoms with E-state index in [0.29, 0.717) is 18.2 Å². The molecule has 1 saturated carbocycles. The van der Waals surface area contributed by atoms with Crippen molar-refractivity contribution in [2.45, 2.75) is 51.1 Å². The molecular formula is C16H24F2N2. The smallest absolute Gasteiger partial charge is 0.128 e. The topological polar surface area (TPSA) is 29.3 Å². The van der Waals surface area contributed by atoms with Crippen molar-refractivity contribution >= 4 is 0 Å². The molecule has 0 saturated heterocycles. The van der Waals surface area contributed by atoms with Crippen molar-refractivity contribution in [3.63, 3.8) is 0 Å². The summed E-state index contributed by atoms with van der Waals surface area (Å²) in [4.78, 5) is 2.25. The Morgan fingerprint density at radius 1 is 1.25 bits per heavy atom. The molecule has 2 rings (SSSR count). The lowest BCUT2D eigenvalue weighted by Gasteiger charge is -2.39. The number of rotatable bonds is 5. The molecule has 4 heteroatoms. The lowest BCUT2D eigenvalue weighted by molar-refractivity contribution is 0.111. The summed E-state index contributed by atoms with van der Waals surface area (Å²) in [5.41, 5.74) is 6.26. The SMILES string of the molecule is CCN(C1CCCCC1)C(CN)c1cc(F)ccc1F. The van der Waals surface area contributed by atoms with Gasteiger partial charge in [0.05, 0.1) is 6.04 Å². The molecule has 20 heavy (non-hydrogen) atoms. The van der Waals surface area contributed by atoms with Gasteiger partial charge in [-0.05, 0) is 37.6 Å². The van der Waals surface area contributed by atoms with Crippen molar-refractivity contribution in [1.29, 1.82) is 0 Å². The predicted octanol–water partition coefficient (Wildman–Crippen LogP) is 3.62. The van der Waals surface area contributed by atoms with E-state index in [2.05, 4.69) is 11.8 Å². The third kappa shape index (κ3) is 3.36. The first-order valence-electron chi connectivity index (χ1n) is 7.58. The van der Waals surface area contributed by atoms with E-state index in [0.717, 1.165) is 25.5 Å². The summed E-state index contributed by atoms with van der Waals surface area (Å²) in [5.74, 6) is -0.768. The van der Waals surface area contributed by atoms with Crippen LogP contribution in [-0.4, -0.2) is 24.0 Å². The van der Waals surface area contributed by atoms with Crippen molar-refractivity contribution in [1.82, 2.24) is 4.90 Å². The molecule has 112 valence electrons. The van der Waals surface area contributed by atoms with E-state index in [1.165, 1.54) is 31.4 Å². The van der Waals surface area contributed by atoms with Crippen molar-refractivity contribution in [2.24, 2.45) is 5.73 Å². The number of halogens is 2. The van der Waals surface area contributed by atoms with E-state index >= 15 is 0 Å². The zero-order valence-electron chi connectivity index (χ0n) is 12.1. The van der Waals surface area contributed by atoms with Crippen LogP contribution in [0.5, 0.6) is 0 Å². The molecule has 1 aromatic carbocycles. The van der Waals surface area contributed by atoms with Gasteiger partial charge in [0.1, 0.15) is 11.6 Å². The molecule has 1 aliphatic rings. The highest BCUT2D eigenvalue weighted by atomic mass is 19.1. The predicted molar refractivity (Wildman–Crippen MR) is 77.4 cm³/mol. The summed E-state index contributed by atoms with van der Waals surface area (Å²) in [6, 6.07) is 3.84. The molecule has 1 atom stereocenters. The molecular weight excluding hydrogens is 258 g/mol. The van der Waals surface area contributed by atoms with Crippen LogP contribution in [0.2, 0.25) is 0 Å². The van der Waals surface area contributed by atoms with Gasteiger partial charge in [-0.2, -0.15) is 0 Å². The number of hydrogen-bond donors (Lipinski definition) is 1. The number of hydrogen-bond acceptors (Lipinski definition) is 2. The largest absolute Gasteiger partial charge is 0.329 e. The van der Waals surface area contributed by atoms with E-state index in [1.54, 1.807) is 0 Å². The van der Waals surface area contributed by atoms with Gasteiger partial charge in [-0.3, -0.25) is 4.90 Å². The minimum Gasteiger partial charge on any atom is -0.329 e. The molecule has 2 N–H and O–H groups in total. The van der Waals surface area contributed by atoms with Crippen LogP contribution in [0.1, 0.15) is 50.6 Å². The normalized spacial score (nSPS) is 18.4. The lowest BCUT2D eigenvalue weighted by Crippen LogP contribution is -2.42. The van der Waals surface area contributed by atoms with E-state index in [9.17, 15) is 8.78 Å². The van der Waals surface area contributed by atoms with Crippen molar-refractivity contribution in [3.05, 3.63) is 35.4 Å². The van der Waals surface area contributed by atoms with Crippen LogP contribution in [0, 0.1) is 11.6 Å². The van der Waals surface area contributed by atoms with Gasteiger partial charge in [-0.15, -0.1) is 0 Å². The third-order valence-corrected chi connectivity index (χ3v) is 4.35. The first-order valence-corrected chi connectivity index (χ1v) is 7.58. The van der Waals surface area contributed by atoms with E-state index < -0.39 is 5.82 Å². The second-order valence-corrected chi connectivity index (χ2v) is 5.54. The van der Waals surface area contributed by atoms with Gasteiger partial charge >= 0.3 is 0 Å². The quantitative estimate of drug-likeness (QED) is 0.893.